The highest BCUT2D eigenvalue weighted by molar-refractivity contribution is 6.30. The fraction of sp³-hybridized carbons (Fsp3) is 0.435. The highest BCUT2D eigenvalue weighted by atomic mass is 35.5. The number of likely N-dealkylation sites (tertiary alicyclic amines) is 1. The summed E-state index contributed by atoms with van der Waals surface area (Å²) in [5.74, 6) is 0.632. The minimum Gasteiger partial charge on any atom is -0.484 e. The Kier molecular flexibility index (Phi) is 7.32. The summed E-state index contributed by atoms with van der Waals surface area (Å²) < 4.78 is 5.58. The van der Waals surface area contributed by atoms with Crippen LogP contribution in [0.5, 0.6) is 5.75 Å². The molecule has 1 N–H and O–H groups in total. The molecule has 1 saturated heterocycles. The van der Waals surface area contributed by atoms with E-state index in [-0.39, 0.29) is 30.4 Å². The molecule has 1 aromatic carbocycles. The second-order valence-corrected chi connectivity index (χ2v) is 8.35. The van der Waals surface area contributed by atoms with Crippen LogP contribution in [0.25, 0.3) is 0 Å². The number of carbonyl (C=O) groups is 2. The molecule has 0 aliphatic carbocycles. The molecule has 30 heavy (non-hydrogen) atoms. The third-order valence-corrected chi connectivity index (χ3v) is 5.39. The molecule has 0 radical (unpaired) electrons. The number of aryl methyl sites for hydroxylation is 1. The number of pyridine rings is 1. The van der Waals surface area contributed by atoms with Gasteiger partial charge in [-0.15, -0.1) is 0 Å². The van der Waals surface area contributed by atoms with Crippen molar-refractivity contribution in [1.29, 1.82) is 0 Å². The van der Waals surface area contributed by atoms with Crippen molar-refractivity contribution in [2.75, 3.05) is 19.7 Å². The summed E-state index contributed by atoms with van der Waals surface area (Å²) in [7, 11) is 0. The number of amides is 2. The van der Waals surface area contributed by atoms with Gasteiger partial charge in [0.2, 0.25) is 0 Å². The van der Waals surface area contributed by atoms with E-state index in [2.05, 4.69) is 10.3 Å². The molecule has 6 nitrogen and oxygen atoms in total. The predicted octanol–water partition coefficient (Wildman–Crippen LogP) is 3.97. The van der Waals surface area contributed by atoms with Gasteiger partial charge in [0, 0.05) is 35.8 Å². The minimum absolute atomic E-state index is 0.00294. The van der Waals surface area contributed by atoms with E-state index in [1.165, 1.54) is 0 Å². The maximum atomic E-state index is 12.6. The zero-order valence-electron chi connectivity index (χ0n) is 17.7. The van der Waals surface area contributed by atoms with Crippen LogP contribution in [0.4, 0.5) is 0 Å². The van der Waals surface area contributed by atoms with Crippen molar-refractivity contribution in [3.8, 4) is 5.75 Å². The number of aromatic nitrogens is 1. The number of ether oxygens (including phenoxy) is 1. The van der Waals surface area contributed by atoms with E-state index in [1.807, 2.05) is 37.8 Å². The first-order valence-electron chi connectivity index (χ1n) is 10.3. The summed E-state index contributed by atoms with van der Waals surface area (Å²) >= 11 is 5.86. The lowest BCUT2D eigenvalue weighted by Crippen LogP contribution is -2.41. The Morgan fingerprint density at radius 3 is 2.47 bits per heavy atom. The molecule has 7 heteroatoms. The van der Waals surface area contributed by atoms with Gasteiger partial charge < -0.3 is 15.0 Å². The van der Waals surface area contributed by atoms with Crippen LogP contribution in [0.2, 0.25) is 5.02 Å². The third-order valence-electron chi connectivity index (χ3n) is 5.14. The molecule has 3 rings (SSSR count). The zero-order valence-corrected chi connectivity index (χ0v) is 18.4. The molecule has 2 amide bonds. The first kappa shape index (κ1) is 22.1. The fourth-order valence-electron chi connectivity index (χ4n) is 3.59. The van der Waals surface area contributed by atoms with Crippen LogP contribution in [0.1, 0.15) is 54.4 Å². The molecular weight excluding hydrogens is 402 g/mol. The number of rotatable bonds is 6. The SMILES string of the molecule is Cc1ccc(C(=O)NC(C)C)c(C2CCN(C(=O)COc3ccc(Cl)cc3)CC2)n1. The second kappa shape index (κ2) is 9.94. The number of nitrogens with zero attached hydrogens (tertiary/aromatic N) is 2. The Balaban J connectivity index is 1.59. The lowest BCUT2D eigenvalue weighted by Gasteiger charge is -2.32. The van der Waals surface area contributed by atoms with E-state index >= 15 is 0 Å². The van der Waals surface area contributed by atoms with E-state index < -0.39 is 0 Å². The molecule has 2 aromatic rings. The number of hydrogen-bond acceptors (Lipinski definition) is 4. The van der Waals surface area contributed by atoms with Crippen LogP contribution in [0.15, 0.2) is 36.4 Å². The molecule has 1 aliphatic rings. The summed E-state index contributed by atoms with van der Waals surface area (Å²) in [6, 6.07) is 10.7. The number of nitrogens with one attached hydrogen (secondary N) is 1. The molecule has 0 atom stereocenters. The number of halogens is 1. The minimum atomic E-state index is -0.0950. The quantitative estimate of drug-likeness (QED) is 0.754. The molecule has 1 aliphatic heterocycles. The fourth-order valence-corrected chi connectivity index (χ4v) is 3.72. The maximum Gasteiger partial charge on any atom is 0.260 e. The van der Waals surface area contributed by atoms with Gasteiger partial charge in [-0.05, 0) is 70.0 Å². The average molecular weight is 430 g/mol. The van der Waals surface area contributed by atoms with Gasteiger partial charge in [-0.3, -0.25) is 14.6 Å². The van der Waals surface area contributed by atoms with E-state index in [9.17, 15) is 9.59 Å². The van der Waals surface area contributed by atoms with Crippen LogP contribution >= 0.6 is 11.6 Å². The molecule has 2 heterocycles. The third kappa shape index (κ3) is 5.72. The number of benzene rings is 1. The summed E-state index contributed by atoms with van der Waals surface area (Å²) in [5.41, 5.74) is 2.35. The Labute approximate surface area is 182 Å². The Morgan fingerprint density at radius 2 is 1.83 bits per heavy atom. The highest BCUT2D eigenvalue weighted by Crippen LogP contribution is 2.29. The van der Waals surface area contributed by atoms with Gasteiger partial charge in [0.1, 0.15) is 5.75 Å². The van der Waals surface area contributed by atoms with E-state index in [1.54, 1.807) is 24.3 Å². The summed E-state index contributed by atoms with van der Waals surface area (Å²) in [4.78, 5) is 31.6. The molecule has 1 aromatic heterocycles. The number of piperidine rings is 1. The number of carbonyl (C=O) groups excluding carboxylic acids is 2. The lowest BCUT2D eigenvalue weighted by atomic mass is 9.89. The van der Waals surface area contributed by atoms with Crippen LogP contribution in [0.3, 0.4) is 0 Å². The standard InChI is InChI=1S/C23H28ClN3O3/c1-15(2)25-23(29)20-9-4-16(3)26-22(20)17-10-12-27(13-11-17)21(28)14-30-19-7-5-18(24)6-8-19/h4-9,15,17H,10-14H2,1-3H3,(H,25,29). The molecule has 0 spiro atoms. The molecule has 0 bridgehead atoms. The van der Waals surface area contributed by atoms with Crippen LogP contribution in [-0.2, 0) is 4.79 Å². The molecule has 1 fully saturated rings. The molecular formula is C23H28ClN3O3. The Bertz CT molecular complexity index is 891. The zero-order chi connectivity index (χ0) is 21.7. The van der Waals surface area contributed by atoms with Crippen molar-refractivity contribution < 1.29 is 14.3 Å². The average Bonchev–Trinajstić information content (AvgIpc) is 2.72. The van der Waals surface area contributed by atoms with Gasteiger partial charge >= 0.3 is 0 Å². The summed E-state index contributed by atoms with van der Waals surface area (Å²) in [5, 5.41) is 3.58. The molecule has 160 valence electrons. The van der Waals surface area contributed by atoms with Crippen LogP contribution in [0, 0.1) is 6.92 Å². The largest absolute Gasteiger partial charge is 0.484 e. The molecule has 0 unspecified atom stereocenters. The van der Waals surface area contributed by atoms with Gasteiger partial charge in [0.15, 0.2) is 6.61 Å². The topological polar surface area (TPSA) is 71.5 Å². The summed E-state index contributed by atoms with van der Waals surface area (Å²) in [6.45, 7) is 7.05. The van der Waals surface area contributed by atoms with Crippen molar-refractivity contribution >= 4 is 23.4 Å². The normalized spacial score (nSPS) is 14.6. The van der Waals surface area contributed by atoms with Gasteiger partial charge in [0.25, 0.3) is 11.8 Å². The number of hydrogen-bond donors (Lipinski definition) is 1. The highest BCUT2D eigenvalue weighted by Gasteiger charge is 2.28. The van der Waals surface area contributed by atoms with E-state index in [0.29, 0.717) is 29.4 Å². The van der Waals surface area contributed by atoms with Crippen molar-refractivity contribution in [2.45, 2.75) is 45.6 Å². The first-order valence-corrected chi connectivity index (χ1v) is 10.7. The van der Waals surface area contributed by atoms with Gasteiger partial charge in [0.05, 0.1) is 11.3 Å². The maximum absolute atomic E-state index is 12.6. The van der Waals surface area contributed by atoms with Crippen molar-refractivity contribution in [2.24, 2.45) is 0 Å². The Morgan fingerprint density at radius 1 is 1.17 bits per heavy atom. The second-order valence-electron chi connectivity index (χ2n) is 7.91. The van der Waals surface area contributed by atoms with Gasteiger partial charge in [-0.2, -0.15) is 0 Å². The van der Waals surface area contributed by atoms with Crippen LogP contribution < -0.4 is 10.1 Å². The van der Waals surface area contributed by atoms with Crippen molar-refractivity contribution in [1.82, 2.24) is 15.2 Å². The smallest absolute Gasteiger partial charge is 0.260 e. The van der Waals surface area contributed by atoms with Crippen LogP contribution in [-0.4, -0.2) is 47.4 Å². The molecule has 0 saturated carbocycles. The van der Waals surface area contributed by atoms with E-state index in [0.717, 1.165) is 24.2 Å². The van der Waals surface area contributed by atoms with Crippen molar-refractivity contribution in [3.63, 3.8) is 0 Å². The van der Waals surface area contributed by atoms with E-state index in [4.69, 9.17) is 16.3 Å². The van der Waals surface area contributed by atoms with Gasteiger partial charge in [-0.25, -0.2) is 0 Å². The van der Waals surface area contributed by atoms with Crippen molar-refractivity contribution in [3.05, 3.63) is 58.4 Å². The lowest BCUT2D eigenvalue weighted by molar-refractivity contribution is -0.134. The predicted molar refractivity (Wildman–Crippen MR) is 117 cm³/mol. The summed E-state index contributed by atoms with van der Waals surface area (Å²) in [6.07, 6.45) is 1.54. The monoisotopic (exact) mass is 429 g/mol. The van der Waals surface area contributed by atoms with Gasteiger partial charge in [-0.1, -0.05) is 11.6 Å². The Hall–Kier alpha value is -2.60. The first-order chi connectivity index (χ1) is 14.3.